The number of carbonyl (C=O) groups is 2. The average molecular weight is 436 g/mol. The molecule has 0 unspecified atom stereocenters. The first-order chi connectivity index (χ1) is 15.6. The molecule has 1 fully saturated rings. The monoisotopic (exact) mass is 435 g/mol. The van der Waals surface area contributed by atoms with Gasteiger partial charge < -0.3 is 20.1 Å². The van der Waals surface area contributed by atoms with Crippen LogP contribution in [0.15, 0.2) is 48.5 Å². The molecular formula is C25H29N3O4. The van der Waals surface area contributed by atoms with Crippen LogP contribution in [0.2, 0.25) is 0 Å². The van der Waals surface area contributed by atoms with Crippen molar-refractivity contribution in [3.63, 3.8) is 0 Å². The molecular weight excluding hydrogens is 406 g/mol. The first kappa shape index (κ1) is 21.0. The van der Waals surface area contributed by atoms with E-state index in [0.717, 1.165) is 29.1 Å². The molecule has 3 aliphatic rings. The number of likely N-dealkylation sites (tertiary alicyclic amines) is 1. The number of nitrogens with one attached hydrogen (secondary N) is 1. The summed E-state index contributed by atoms with van der Waals surface area (Å²) in [5, 5.41) is 12.4. The van der Waals surface area contributed by atoms with E-state index in [2.05, 4.69) is 16.3 Å². The third-order valence-electron chi connectivity index (χ3n) is 6.92. The van der Waals surface area contributed by atoms with Gasteiger partial charge >= 0.3 is 0 Å². The van der Waals surface area contributed by atoms with Gasteiger partial charge in [0.15, 0.2) is 0 Å². The highest BCUT2D eigenvalue weighted by Crippen LogP contribution is 2.56. The Hall–Kier alpha value is -2.90. The van der Waals surface area contributed by atoms with E-state index in [0.29, 0.717) is 39.0 Å². The summed E-state index contributed by atoms with van der Waals surface area (Å²) < 4.78 is 5.96. The minimum atomic E-state index is -0.769. The number of carbonyl (C=O) groups excluding carboxylic acids is 2. The van der Waals surface area contributed by atoms with Crippen LogP contribution in [0.3, 0.4) is 0 Å². The summed E-state index contributed by atoms with van der Waals surface area (Å²) in [5.74, 6) is 0.590. The van der Waals surface area contributed by atoms with Crippen LogP contribution in [-0.2, 0) is 15.0 Å². The Bertz CT molecular complexity index is 1030. The van der Waals surface area contributed by atoms with Gasteiger partial charge in [-0.05, 0) is 48.6 Å². The first-order valence-electron chi connectivity index (χ1n) is 11.4. The molecule has 5 rings (SSSR count). The average Bonchev–Trinajstić information content (AvgIpc) is 3.30. The number of rotatable bonds is 3. The molecule has 2 atom stereocenters. The van der Waals surface area contributed by atoms with Gasteiger partial charge in [-0.15, -0.1) is 0 Å². The fraction of sp³-hybridized carbons (Fsp3) is 0.440. The SMILES string of the molecule is O=C1CN2C(=O)[C@]3(CCN(CCCO)[C@H]3c3cccc(c3)OCCCN1)c1ccccc12. The molecule has 32 heavy (non-hydrogen) atoms. The van der Waals surface area contributed by atoms with Crippen LogP contribution in [-0.4, -0.2) is 61.2 Å². The number of benzene rings is 2. The predicted octanol–water partition coefficient (Wildman–Crippen LogP) is 2.00. The van der Waals surface area contributed by atoms with Crippen LogP contribution >= 0.6 is 0 Å². The van der Waals surface area contributed by atoms with Crippen molar-refractivity contribution in [1.29, 1.82) is 0 Å². The maximum absolute atomic E-state index is 14.1. The van der Waals surface area contributed by atoms with Gasteiger partial charge in [0.2, 0.25) is 11.8 Å². The molecule has 7 heteroatoms. The third-order valence-corrected chi connectivity index (χ3v) is 6.92. The minimum absolute atomic E-state index is 0.0157. The van der Waals surface area contributed by atoms with Crippen LogP contribution in [0.25, 0.3) is 0 Å². The number of fused-ring (bicyclic) bond motifs is 6. The van der Waals surface area contributed by atoms with E-state index >= 15 is 0 Å². The summed E-state index contributed by atoms with van der Waals surface area (Å²) in [6.45, 7) is 2.58. The Morgan fingerprint density at radius 2 is 2.03 bits per heavy atom. The molecule has 3 heterocycles. The van der Waals surface area contributed by atoms with E-state index in [1.54, 1.807) is 4.90 Å². The molecule has 0 aromatic heterocycles. The number of hydrogen-bond donors (Lipinski definition) is 2. The van der Waals surface area contributed by atoms with E-state index in [9.17, 15) is 14.7 Å². The quantitative estimate of drug-likeness (QED) is 0.771. The number of aliphatic hydroxyl groups excluding tert-OH is 1. The molecule has 0 radical (unpaired) electrons. The first-order valence-corrected chi connectivity index (χ1v) is 11.4. The van der Waals surface area contributed by atoms with Crippen molar-refractivity contribution >= 4 is 17.5 Å². The zero-order valence-corrected chi connectivity index (χ0v) is 18.1. The molecule has 0 saturated carbocycles. The lowest BCUT2D eigenvalue weighted by molar-refractivity contribution is -0.127. The van der Waals surface area contributed by atoms with Gasteiger partial charge in [-0.2, -0.15) is 0 Å². The zero-order chi connectivity index (χ0) is 22.1. The second-order valence-electron chi connectivity index (χ2n) is 8.77. The van der Waals surface area contributed by atoms with Crippen LogP contribution in [0.1, 0.15) is 36.4 Å². The van der Waals surface area contributed by atoms with Crippen molar-refractivity contribution in [3.05, 3.63) is 59.7 Å². The molecule has 0 aliphatic carbocycles. The fourth-order valence-corrected chi connectivity index (χ4v) is 5.59. The van der Waals surface area contributed by atoms with Crippen molar-refractivity contribution in [2.45, 2.75) is 30.7 Å². The van der Waals surface area contributed by atoms with Crippen molar-refractivity contribution in [2.75, 3.05) is 44.3 Å². The Balaban J connectivity index is 1.68. The van der Waals surface area contributed by atoms with Gasteiger partial charge in [0.1, 0.15) is 12.3 Å². The topological polar surface area (TPSA) is 82.1 Å². The minimum Gasteiger partial charge on any atom is -0.494 e. The summed E-state index contributed by atoms with van der Waals surface area (Å²) in [7, 11) is 0. The van der Waals surface area contributed by atoms with E-state index in [-0.39, 0.29) is 31.0 Å². The van der Waals surface area contributed by atoms with Crippen molar-refractivity contribution < 1.29 is 19.4 Å². The lowest BCUT2D eigenvalue weighted by atomic mass is 9.72. The summed E-state index contributed by atoms with van der Waals surface area (Å²) in [4.78, 5) is 30.8. The normalized spacial score (nSPS) is 25.5. The van der Waals surface area contributed by atoms with Gasteiger partial charge in [0.25, 0.3) is 0 Å². The van der Waals surface area contributed by atoms with E-state index in [4.69, 9.17) is 4.74 Å². The Labute approximate surface area is 188 Å². The summed E-state index contributed by atoms with van der Waals surface area (Å²) >= 11 is 0. The lowest BCUT2D eigenvalue weighted by Gasteiger charge is -2.35. The number of hydrogen-bond acceptors (Lipinski definition) is 5. The van der Waals surface area contributed by atoms with Crippen LogP contribution in [0.4, 0.5) is 5.69 Å². The molecule has 1 saturated heterocycles. The highest BCUT2D eigenvalue weighted by atomic mass is 16.5. The van der Waals surface area contributed by atoms with E-state index in [1.165, 1.54) is 0 Å². The molecule has 1 spiro atoms. The maximum Gasteiger partial charge on any atom is 0.240 e. The summed E-state index contributed by atoms with van der Waals surface area (Å²) in [5.41, 5.74) is 2.07. The van der Waals surface area contributed by atoms with Gasteiger partial charge in [0, 0.05) is 31.9 Å². The number of nitrogens with zero attached hydrogens (tertiary/aromatic N) is 2. The largest absolute Gasteiger partial charge is 0.494 e. The van der Waals surface area contributed by atoms with Crippen LogP contribution in [0.5, 0.6) is 5.75 Å². The fourth-order valence-electron chi connectivity index (χ4n) is 5.59. The summed E-state index contributed by atoms with van der Waals surface area (Å²) in [6, 6.07) is 15.7. The Morgan fingerprint density at radius 3 is 2.91 bits per heavy atom. The molecule has 2 amide bonds. The van der Waals surface area contributed by atoms with Crippen molar-refractivity contribution in [2.24, 2.45) is 0 Å². The molecule has 4 bridgehead atoms. The molecule has 3 aliphatic heterocycles. The molecule has 2 aromatic rings. The number of para-hydroxylation sites is 1. The highest BCUT2D eigenvalue weighted by Gasteiger charge is 2.60. The van der Waals surface area contributed by atoms with Crippen molar-refractivity contribution in [3.8, 4) is 5.75 Å². The zero-order valence-electron chi connectivity index (χ0n) is 18.1. The second-order valence-corrected chi connectivity index (χ2v) is 8.77. The van der Waals surface area contributed by atoms with Gasteiger partial charge in [-0.3, -0.25) is 14.5 Å². The van der Waals surface area contributed by atoms with Crippen molar-refractivity contribution in [1.82, 2.24) is 10.2 Å². The van der Waals surface area contributed by atoms with Crippen LogP contribution in [0, 0.1) is 0 Å². The van der Waals surface area contributed by atoms with Gasteiger partial charge in [0.05, 0.1) is 18.1 Å². The molecule has 2 aromatic carbocycles. The smallest absolute Gasteiger partial charge is 0.240 e. The van der Waals surface area contributed by atoms with Crippen LogP contribution < -0.4 is 15.0 Å². The standard InChI is InChI=1S/C25H29N3O4/c29-14-5-12-27-13-10-25-20-8-1-2-9-21(20)28(24(25)31)17-22(30)26-11-4-15-32-19-7-3-6-18(16-19)23(25)27/h1-3,6-9,16,23,29H,4-5,10-15,17H2,(H,26,30)/t23-,25+/m0/s1. The Morgan fingerprint density at radius 1 is 1.16 bits per heavy atom. The lowest BCUT2D eigenvalue weighted by Crippen LogP contribution is -2.47. The molecule has 7 nitrogen and oxygen atoms in total. The maximum atomic E-state index is 14.1. The number of aliphatic hydroxyl groups is 1. The molecule has 168 valence electrons. The Kier molecular flexibility index (Phi) is 5.61. The van der Waals surface area contributed by atoms with E-state index in [1.807, 2.05) is 42.5 Å². The number of amides is 2. The molecule has 2 N–H and O–H groups in total. The predicted molar refractivity (Wildman–Crippen MR) is 121 cm³/mol. The number of anilines is 1. The third kappa shape index (κ3) is 3.36. The van der Waals surface area contributed by atoms with Gasteiger partial charge in [-0.25, -0.2) is 0 Å². The van der Waals surface area contributed by atoms with Gasteiger partial charge in [-0.1, -0.05) is 30.3 Å². The van der Waals surface area contributed by atoms with E-state index < -0.39 is 5.41 Å². The summed E-state index contributed by atoms with van der Waals surface area (Å²) in [6.07, 6.45) is 2.00. The second kappa shape index (κ2) is 8.56. The highest BCUT2D eigenvalue weighted by molar-refractivity contribution is 6.11. The number of ether oxygens (including phenoxy) is 1.